The van der Waals surface area contributed by atoms with E-state index < -0.39 is 12.1 Å². The second kappa shape index (κ2) is 8.04. The Labute approximate surface area is 142 Å². The molecule has 1 N–H and O–H groups in total. The normalized spacial score (nSPS) is 15.0. The summed E-state index contributed by atoms with van der Waals surface area (Å²) in [5.41, 5.74) is 3.00. The van der Waals surface area contributed by atoms with Crippen LogP contribution in [0.1, 0.15) is 36.6 Å². The van der Waals surface area contributed by atoms with Gasteiger partial charge >= 0.3 is 0 Å². The lowest BCUT2D eigenvalue weighted by molar-refractivity contribution is -0.533. The predicted octanol–water partition coefficient (Wildman–Crippen LogP) is 4.02. The summed E-state index contributed by atoms with van der Waals surface area (Å²) in [4.78, 5) is 11.0. The van der Waals surface area contributed by atoms with Crippen molar-refractivity contribution >= 4 is 0 Å². The number of nitrogens with zero attached hydrogens (tertiary/aromatic N) is 2. The molecular weight excluding hydrogens is 304 g/mol. The molecule has 0 spiro atoms. The van der Waals surface area contributed by atoms with Gasteiger partial charge in [-0.25, -0.2) is 0 Å². The van der Waals surface area contributed by atoms with Gasteiger partial charge < -0.3 is 5.21 Å². The molecule has 0 saturated carbocycles. The maximum Gasteiger partial charge on any atom is 0.232 e. The fraction of sp³-hybridized carbons (Fsp3) is 0.368. The number of nitro groups is 1. The van der Waals surface area contributed by atoms with E-state index in [9.17, 15) is 15.3 Å². The van der Waals surface area contributed by atoms with Crippen molar-refractivity contribution in [1.82, 2.24) is 5.06 Å². The summed E-state index contributed by atoms with van der Waals surface area (Å²) < 4.78 is 0. The second-order valence-corrected chi connectivity index (χ2v) is 6.30. The third-order valence-electron chi connectivity index (χ3n) is 4.32. The molecule has 0 radical (unpaired) electrons. The van der Waals surface area contributed by atoms with E-state index in [1.165, 1.54) is 12.5 Å². The van der Waals surface area contributed by atoms with Crippen molar-refractivity contribution in [2.75, 3.05) is 0 Å². The van der Waals surface area contributed by atoms with E-state index in [0.717, 1.165) is 16.2 Å². The van der Waals surface area contributed by atoms with Gasteiger partial charge in [0, 0.05) is 17.9 Å². The molecule has 0 bridgehead atoms. The predicted molar refractivity (Wildman–Crippen MR) is 93.6 cm³/mol. The van der Waals surface area contributed by atoms with Crippen LogP contribution in [0.3, 0.4) is 0 Å². The van der Waals surface area contributed by atoms with Crippen LogP contribution in [0.2, 0.25) is 0 Å². The van der Waals surface area contributed by atoms with E-state index in [4.69, 9.17) is 0 Å². The Morgan fingerprint density at radius 1 is 1.08 bits per heavy atom. The SMILES string of the molecule is Cc1ccc(CC(C)N(O)C(c2ccccc2)C(C)[N+](=O)[O-])cc1. The Morgan fingerprint density at radius 3 is 2.21 bits per heavy atom. The van der Waals surface area contributed by atoms with Gasteiger partial charge in [-0.2, -0.15) is 5.06 Å². The van der Waals surface area contributed by atoms with Crippen LogP contribution in [-0.4, -0.2) is 27.3 Å². The standard InChI is InChI=1S/C19H24N2O3/c1-14-9-11-17(12-10-14)13-15(2)20(22)19(16(3)21(23)24)18-7-5-4-6-8-18/h4-12,15-16,19,22H,13H2,1-3H3. The molecule has 128 valence electrons. The van der Waals surface area contributed by atoms with E-state index >= 15 is 0 Å². The molecule has 3 atom stereocenters. The minimum Gasteiger partial charge on any atom is -0.313 e. The molecule has 0 fully saturated rings. The van der Waals surface area contributed by atoms with Crippen LogP contribution in [0, 0.1) is 17.0 Å². The van der Waals surface area contributed by atoms with Gasteiger partial charge in [0.1, 0.15) is 6.04 Å². The zero-order chi connectivity index (χ0) is 17.7. The first-order valence-corrected chi connectivity index (χ1v) is 8.11. The van der Waals surface area contributed by atoms with Crippen molar-refractivity contribution in [3.63, 3.8) is 0 Å². The average Bonchev–Trinajstić information content (AvgIpc) is 2.57. The Balaban J connectivity index is 2.21. The van der Waals surface area contributed by atoms with Gasteiger partial charge in [-0.15, -0.1) is 0 Å². The van der Waals surface area contributed by atoms with Crippen LogP contribution in [0.25, 0.3) is 0 Å². The number of benzene rings is 2. The van der Waals surface area contributed by atoms with E-state index in [2.05, 4.69) is 0 Å². The number of hydroxylamine groups is 2. The highest BCUT2D eigenvalue weighted by molar-refractivity contribution is 5.23. The van der Waals surface area contributed by atoms with E-state index in [1.807, 2.05) is 68.4 Å². The Morgan fingerprint density at radius 2 is 1.67 bits per heavy atom. The molecule has 0 amide bonds. The lowest BCUT2D eigenvalue weighted by Gasteiger charge is -2.31. The fourth-order valence-electron chi connectivity index (χ4n) is 2.85. The lowest BCUT2D eigenvalue weighted by Crippen LogP contribution is -2.42. The van der Waals surface area contributed by atoms with Gasteiger partial charge in [-0.05, 0) is 31.4 Å². The number of hydrogen-bond donors (Lipinski definition) is 1. The highest BCUT2D eigenvalue weighted by Gasteiger charge is 2.35. The van der Waals surface area contributed by atoms with Crippen molar-refractivity contribution in [1.29, 1.82) is 0 Å². The van der Waals surface area contributed by atoms with Crippen molar-refractivity contribution in [2.24, 2.45) is 0 Å². The van der Waals surface area contributed by atoms with Crippen molar-refractivity contribution < 1.29 is 10.1 Å². The first kappa shape index (κ1) is 18.1. The summed E-state index contributed by atoms with van der Waals surface area (Å²) >= 11 is 0. The molecule has 0 aliphatic heterocycles. The maximum atomic E-state index is 11.3. The Hall–Kier alpha value is -2.24. The quantitative estimate of drug-likeness (QED) is 0.616. The van der Waals surface area contributed by atoms with Crippen LogP contribution in [0.15, 0.2) is 54.6 Å². The molecule has 5 heteroatoms. The zero-order valence-electron chi connectivity index (χ0n) is 14.3. The first-order chi connectivity index (χ1) is 11.4. The minimum atomic E-state index is -0.919. The summed E-state index contributed by atoms with van der Waals surface area (Å²) in [6.45, 7) is 5.43. The largest absolute Gasteiger partial charge is 0.313 e. The zero-order valence-corrected chi connectivity index (χ0v) is 14.3. The number of aryl methyl sites for hydroxylation is 1. The third kappa shape index (κ3) is 4.40. The molecule has 0 aromatic heterocycles. The molecule has 0 saturated heterocycles. The highest BCUT2D eigenvalue weighted by atomic mass is 16.6. The summed E-state index contributed by atoms with van der Waals surface area (Å²) in [5, 5.41) is 23.1. The van der Waals surface area contributed by atoms with Gasteiger partial charge in [0.05, 0.1) is 0 Å². The molecule has 3 unspecified atom stereocenters. The van der Waals surface area contributed by atoms with E-state index in [0.29, 0.717) is 6.42 Å². The van der Waals surface area contributed by atoms with Crippen molar-refractivity contribution in [3.05, 3.63) is 81.4 Å². The van der Waals surface area contributed by atoms with Gasteiger partial charge in [0.15, 0.2) is 0 Å². The molecule has 0 aliphatic rings. The van der Waals surface area contributed by atoms with Gasteiger partial charge in [0.25, 0.3) is 0 Å². The Bertz CT molecular complexity index is 658. The van der Waals surface area contributed by atoms with E-state index in [1.54, 1.807) is 0 Å². The minimum absolute atomic E-state index is 0.250. The highest BCUT2D eigenvalue weighted by Crippen LogP contribution is 2.27. The molecule has 0 aliphatic carbocycles. The molecule has 24 heavy (non-hydrogen) atoms. The molecule has 5 nitrogen and oxygen atoms in total. The van der Waals surface area contributed by atoms with Crippen LogP contribution < -0.4 is 0 Å². The summed E-state index contributed by atoms with van der Waals surface area (Å²) in [5.74, 6) is 0. The number of hydrogen-bond acceptors (Lipinski definition) is 4. The summed E-state index contributed by atoms with van der Waals surface area (Å²) in [6, 6.07) is 15.4. The smallest absolute Gasteiger partial charge is 0.232 e. The number of rotatable bonds is 7. The van der Waals surface area contributed by atoms with Gasteiger partial charge in [-0.1, -0.05) is 60.2 Å². The maximum absolute atomic E-state index is 11.3. The molecular formula is C19H24N2O3. The Kier molecular flexibility index (Phi) is 6.06. The van der Waals surface area contributed by atoms with Crippen LogP contribution in [0.4, 0.5) is 0 Å². The third-order valence-corrected chi connectivity index (χ3v) is 4.32. The fourth-order valence-corrected chi connectivity index (χ4v) is 2.85. The summed E-state index contributed by atoms with van der Waals surface area (Å²) in [6.07, 6.45) is 0.616. The first-order valence-electron chi connectivity index (χ1n) is 8.11. The molecule has 2 aromatic rings. The van der Waals surface area contributed by atoms with Gasteiger partial charge in [0.2, 0.25) is 6.04 Å². The molecule has 0 heterocycles. The van der Waals surface area contributed by atoms with Crippen LogP contribution in [0.5, 0.6) is 0 Å². The molecule has 2 rings (SSSR count). The van der Waals surface area contributed by atoms with E-state index in [-0.39, 0.29) is 11.0 Å². The second-order valence-electron chi connectivity index (χ2n) is 6.30. The topological polar surface area (TPSA) is 66.6 Å². The monoisotopic (exact) mass is 328 g/mol. The molecule has 2 aromatic carbocycles. The van der Waals surface area contributed by atoms with Crippen LogP contribution in [-0.2, 0) is 6.42 Å². The van der Waals surface area contributed by atoms with Crippen molar-refractivity contribution in [2.45, 2.75) is 45.3 Å². The lowest BCUT2D eigenvalue weighted by atomic mass is 9.97. The van der Waals surface area contributed by atoms with Gasteiger partial charge in [-0.3, -0.25) is 10.1 Å². The van der Waals surface area contributed by atoms with Crippen LogP contribution >= 0.6 is 0 Å². The van der Waals surface area contributed by atoms with Crippen molar-refractivity contribution in [3.8, 4) is 0 Å². The summed E-state index contributed by atoms with van der Waals surface area (Å²) in [7, 11) is 0. The average molecular weight is 328 g/mol.